The molecule has 0 radical (unpaired) electrons. The van der Waals surface area contributed by atoms with E-state index in [2.05, 4.69) is 0 Å². The van der Waals surface area contributed by atoms with Gasteiger partial charge in [0.1, 0.15) is 0 Å². The van der Waals surface area contributed by atoms with Crippen LogP contribution in [0.15, 0.2) is 0 Å². The van der Waals surface area contributed by atoms with E-state index in [1.807, 2.05) is 0 Å². The molecule has 1 fully saturated rings. The Morgan fingerprint density at radius 2 is 2.15 bits per heavy atom. The van der Waals surface area contributed by atoms with Gasteiger partial charge in [-0.3, -0.25) is 4.79 Å². The summed E-state index contributed by atoms with van der Waals surface area (Å²) in [5.41, 5.74) is 0. The van der Waals surface area contributed by atoms with E-state index in [0.717, 1.165) is 6.42 Å². The lowest BCUT2D eigenvalue weighted by Gasteiger charge is -2.40. The Morgan fingerprint density at radius 1 is 1.54 bits per heavy atom. The highest BCUT2D eigenvalue weighted by Gasteiger charge is 2.48. The van der Waals surface area contributed by atoms with Crippen LogP contribution in [-0.2, 0) is 9.53 Å². The average molecular weight is 186 g/mol. The molecule has 1 saturated carbocycles. The van der Waals surface area contributed by atoms with Crippen LogP contribution in [0.2, 0.25) is 5.31 Å². The number of carbonyl (C=O) groups excluding carboxylic acids is 1. The van der Waals surface area contributed by atoms with Crippen molar-refractivity contribution in [2.75, 3.05) is 6.61 Å². The Morgan fingerprint density at radius 3 is 2.46 bits per heavy atom. The molecule has 0 aliphatic heterocycles. The molecule has 2 N–H and O–H groups in total. The number of rotatable bonds is 4. The summed E-state index contributed by atoms with van der Waals surface area (Å²) in [7, 11) is -1.40. The molecule has 0 unspecified atom stereocenters. The van der Waals surface area contributed by atoms with Crippen molar-refractivity contribution in [3.8, 4) is 0 Å². The molecule has 4 nitrogen and oxygen atoms in total. The van der Waals surface area contributed by atoms with Crippen molar-refractivity contribution in [3.05, 3.63) is 0 Å². The van der Waals surface area contributed by atoms with Crippen LogP contribution >= 0.6 is 0 Å². The van der Waals surface area contributed by atoms with Crippen molar-refractivity contribution >= 4 is 13.1 Å². The molecule has 0 aromatic heterocycles. The largest absolute Gasteiger partial charge is 0.466 e. The summed E-state index contributed by atoms with van der Waals surface area (Å²) in [5.74, 6) is -0.338. The standard InChI is InChI=1S/C8H15BO4/c1-2-13-7(10)6-8(9(11)12)4-3-5-8/h11-12H,2-6H2,1H3. The molecule has 1 aliphatic carbocycles. The minimum atomic E-state index is -1.40. The van der Waals surface area contributed by atoms with Gasteiger partial charge in [-0.1, -0.05) is 6.42 Å². The van der Waals surface area contributed by atoms with E-state index in [9.17, 15) is 4.79 Å². The first-order valence-electron chi connectivity index (χ1n) is 4.62. The zero-order valence-corrected chi connectivity index (χ0v) is 7.82. The van der Waals surface area contributed by atoms with Crippen LogP contribution in [-0.4, -0.2) is 29.7 Å². The third-order valence-electron chi connectivity index (χ3n) is 2.70. The van der Waals surface area contributed by atoms with Crippen LogP contribution < -0.4 is 0 Å². The summed E-state index contributed by atoms with van der Waals surface area (Å²) in [5, 5.41) is 17.6. The zero-order valence-electron chi connectivity index (χ0n) is 7.82. The molecule has 0 spiro atoms. The molecule has 0 saturated heterocycles. The number of hydrogen-bond donors (Lipinski definition) is 2. The molecule has 74 valence electrons. The van der Waals surface area contributed by atoms with E-state index in [4.69, 9.17) is 14.8 Å². The Labute approximate surface area is 78.0 Å². The van der Waals surface area contributed by atoms with Crippen molar-refractivity contribution < 1.29 is 19.6 Å². The maximum absolute atomic E-state index is 11.1. The van der Waals surface area contributed by atoms with E-state index < -0.39 is 12.4 Å². The Balaban J connectivity index is 2.44. The smallest absolute Gasteiger partial charge is 0.458 e. The number of carbonyl (C=O) groups is 1. The van der Waals surface area contributed by atoms with Gasteiger partial charge in [-0.15, -0.1) is 0 Å². The van der Waals surface area contributed by atoms with Crippen LogP contribution in [0.1, 0.15) is 32.6 Å². The van der Waals surface area contributed by atoms with Crippen molar-refractivity contribution in [2.45, 2.75) is 37.9 Å². The van der Waals surface area contributed by atoms with E-state index >= 15 is 0 Å². The molecule has 0 atom stereocenters. The summed E-state index contributed by atoms with van der Waals surface area (Å²) >= 11 is 0. The molecule has 5 heteroatoms. The van der Waals surface area contributed by atoms with E-state index in [0.29, 0.717) is 19.4 Å². The number of ether oxygens (including phenoxy) is 1. The van der Waals surface area contributed by atoms with Gasteiger partial charge in [0.05, 0.1) is 6.61 Å². The number of esters is 1. The molecule has 0 bridgehead atoms. The zero-order chi connectivity index (χ0) is 9.90. The van der Waals surface area contributed by atoms with Gasteiger partial charge in [-0.2, -0.15) is 0 Å². The van der Waals surface area contributed by atoms with Gasteiger partial charge in [0.15, 0.2) is 0 Å². The molecular formula is C8H15BO4. The SMILES string of the molecule is CCOC(=O)CC1(B(O)O)CCC1. The topological polar surface area (TPSA) is 66.8 Å². The lowest BCUT2D eigenvalue weighted by atomic mass is 9.46. The Bertz CT molecular complexity index is 189. The number of hydrogen-bond acceptors (Lipinski definition) is 4. The van der Waals surface area contributed by atoms with E-state index in [1.54, 1.807) is 6.92 Å². The Hall–Kier alpha value is -0.545. The van der Waals surface area contributed by atoms with Gasteiger partial charge < -0.3 is 14.8 Å². The maximum atomic E-state index is 11.1. The second-order valence-corrected chi connectivity index (χ2v) is 3.57. The third kappa shape index (κ3) is 2.22. The predicted molar refractivity (Wildman–Crippen MR) is 48.0 cm³/mol. The molecule has 0 aromatic carbocycles. The van der Waals surface area contributed by atoms with Crippen LogP contribution in [0.4, 0.5) is 0 Å². The summed E-state index contributed by atoms with van der Waals surface area (Å²) < 4.78 is 4.76. The Kier molecular flexibility index (Phi) is 3.33. The summed E-state index contributed by atoms with van der Waals surface area (Å²) in [6.07, 6.45) is 2.47. The van der Waals surface area contributed by atoms with Gasteiger partial charge in [0.25, 0.3) is 0 Å². The fourth-order valence-electron chi connectivity index (χ4n) is 1.66. The minimum Gasteiger partial charge on any atom is -0.466 e. The molecule has 0 aromatic rings. The van der Waals surface area contributed by atoms with E-state index in [-0.39, 0.29) is 12.4 Å². The van der Waals surface area contributed by atoms with Gasteiger partial charge in [0, 0.05) is 11.7 Å². The maximum Gasteiger partial charge on any atom is 0.458 e. The highest BCUT2D eigenvalue weighted by molar-refractivity contribution is 6.46. The second kappa shape index (κ2) is 4.11. The van der Waals surface area contributed by atoms with Crippen molar-refractivity contribution in [2.24, 2.45) is 0 Å². The predicted octanol–water partition coefficient (Wildman–Crippen LogP) is 0.337. The lowest BCUT2D eigenvalue weighted by Crippen LogP contribution is -2.40. The van der Waals surface area contributed by atoms with Crippen molar-refractivity contribution in [3.63, 3.8) is 0 Å². The minimum absolute atomic E-state index is 0.124. The average Bonchev–Trinajstić information content (AvgIpc) is 1.96. The molecular weight excluding hydrogens is 171 g/mol. The fourth-order valence-corrected chi connectivity index (χ4v) is 1.66. The first kappa shape index (κ1) is 10.5. The molecule has 1 aliphatic rings. The third-order valence-corrected chi connectivity index (χ3v) is 2.70. The molecule has 0 heterocycles. The van der Waals surface area contributed by atoms with Crippen LogP contribution in [0, 0.1) is 0 Å². The van der Waals surface area contributed by atoms with Gasteiger partial charge in [-0.05, 0) is 19.8 Å². The normalized spacial score (nSPS) is 19.0. The van der Waals surface area contributed by atoms with Gasteiger partial charge >= 0.3 is 13.1 Å². The fraction of sp³-hybridized carbons (Fsp3) is 0.875. The molecule has 1 rings (SSSR count). The molecule has 13 heavy (non-hydrogen) atoms. The summed E-state index contributed by atoms with van der Waals surface area (Å²) in [4.78, 5) is 11.1. The van der Waals surface area contributed by atoms with Crippen LogP contribution in [0.25, 0.3) is 0 Å². The summed E-state index contributed by atoms with van der Waals surface area (Å²) in [6, 6.07) is 0. The first-order valence-corrected chi connectivity index (χ1v) is 4.62. The highest BCUT2D eigenvalue weighted by Crippen LogP contribution is 2.52. The van der Waals surface area contributed by atoms with Crippen LogP contribution in [0.3, 0.4) is 0 Å². The monoisotopic (exact) mass is 186 g/mol. The second-order valence-electron chi connectivity index (χ2n) is 3.57. The molecule has 0 amide bonds. The highest BCUT2D eigenvalue weighted by atomic mass is 16.5. The lowest BCUT2D eigenvalue weighted by molar-refractivity contribution is -0.144. The van der Waals surface area contributed by atoms with E-state index in [1.165, 1.54) is 0 Å². The van der Waals surface area contributed by atoms with Gasteiger partial charge in [0.2, 0.25) is 0 Å². The van der Waals surface area contributed by atoms with Crippen LogP contribution in [0.5, 0.6) is 0 Å². The van der Waals surface area contributed by atoms with Gasteiger partial charge in [-0.25, -0.2) is 0 Å². The van der Waals surface area contributed by atoms with Crippen molar-refractivity contribution in [1.29, 1.82) is 0 Å². The summed E-state index contributed by atoms with van der Waals surface area (Å²) in [6.45, 7) is 2.08. The first-order chi connectivity index (χ1) is 6.10. The quantitative estimate of drug-likeness (QED) is 0.490. The van der Waals surface area contributed by atoms with Crippen molar-refractivity contribution in [1.82, 2.24) is 0 Å².